The first kappa shape index (κ1) is 17.9. The standard InChI is InChI=1S/C14H20F2N6O2S/c1-8(2)13-19-12(16)11-6-17-14(20-22(11)13)18-10-4-5-21(7-9(10)15)25(3,23)24/h6,8-10H,4-5,7H2,1-3H3,(H,18,20). The molecule has 0 saturated carbocycles. The van der Waals surface area contributed by atoms with Gasteiger partial charge in [-0.15, -0.1) is 5.10 Å². The molecule has 11 heteroatoms. The highest BCUT2D eigenvalue weighted by Crippen LogP contribution is 2.21. The molecule has 1 aliphatic rings. The summed E-state index contributed by atoms with van der Waals surface area (Å²) in [6.45, 7) is 3.73. The van der Waals surface area contributed by atoms with Gasteiger partial charge < -0.3 is 5.32 Å². The Balaban J connectivity index is 1.81. The highest BCUT2D eigenvalue weighted by Gasteiger charge is 2.33. The Morgan fingerprint density at radius 3 is 2.72 bits per heavy atom. The summed E-state index contributed by atoms with van der Waals surface area (Å²) in [5.41, 5.74) is 0.151. The lowest BCUT2D eigenvalue weighted by Gasteiger charge is -2.33. The molecule has 2 atom stereocenters. The smallest absolute Gasteiger partial charge is 0.242 e. The number of imidazole rings is 1. The van der Waals surface area contributed by atoms with Gasteiger partial charge in [0.25, 0.3) is 0 Å². The van der Waals surface area contributed by atoms with Crippen LogP contribution in [0.15, 0.2) is 6.20 Å². The van der Waals surface area contributed by atoms with Crippen LogP contribution in [-0.4, -0.2) is 63.9 Å². The molecular weight excluding hydrogens is 354 g/mol. The van der Waals surface area contributed by atoms with Crippen molar-refractivity contribution in [2.75, 3.05) is 24.7 Å². The quantitative estimate of drug-likeness (QED) is 0.864. The molecule has 1 fully saturated rings. The molecule has 0 aliphatic carbocycles. The number of anilines is 1. The van der Waals surface area contributed by atoms with Gasteiger partial charge in [0.1, 0.15) is 17.5 Å². The molecule has 0 aromatic carbocycles. The molecule has 0 spiro atoms. The van der Waals surface area contributed by atoms with Crippen LogP contribution in [0.2, 0.25) is 0 Å². The summed E-state index contributed by atoms with van der Waals surface area (Å²) in [5.74, 6) is -0.111. The first-order chi connectivity index (χ1) is 11.7. The minimum atomic E-state index is -3.42. The fourth-order valence-electron chi connectivity index (χ4n) is 2.82. The van der Waals surface area contributed by atoms with Crippen molar-refractivity contribution in [3.05, 3.63) is 18.0 Å². The third kappa shape index (κ3) is 3.56. The van der Waals surface area contributed by atoms with E-state index in [9.17, 15) is 17.2 Å². The zero-order valence-electron chi connectivity index (χ0n) is 14.1. The average molecular weight is 374 g/mol. The second-order valence-corrected chi connectivity index (χ2v) is 8.45. The monoisotopic (exact) mass is 374 g/mol. The first-order valence-corrected chi connectivity index (χ1v) is 9.78. The van der Waals surface area contributed by atoms with E-state index >= 15 is 0 Å². The zero-order valence-corrected chi connectivity index (χ0v) is 15.0. The van der Waals surface area contributed by atoms with E-state index in [0.29, 0.717) is 5.82 Å². The fourth-order valence-corrected chi connectivity index (χ4v) is 3.67. The largest absolute Gasteiger partial charge is 0.347 e. The number of nitrogens with one attached hydrogen (secondary N) is 1. The molecule has 3 rings (SSSR count). The second kappa shape index (κ2) is 6.45. The van der Waals surface area contributed by atoms with E-state index in [1.165, 1.54) is 10.7 Å². The highest BCUT2D eigenvalue weighted by molar-refractivity contribution is 7.88. The number of fused-ring (bicyclic) bond motifs is 1. The van der Waals surface area contributed by atoms with E-state index in [1.54, 1.807) is 0 Å². The predicted octanol–water partition coefficient (Wildman–Crippen LogP) is 1.17. The summed E-state index contributed by atoms with van der Waals surface area (Å²) in [6, 6.07) is -0.619. The van der Waals surface area contributed by atoms with Crippen LogP contribution in [0.3, 0.4) is 0 Å². The number of aromatic nitrogens is 4. The van der Waals surface area contributed by atoms with Crippen molar-refractivity contribution >= 4 is 21.5 Å². The summed E-state index contributed by atoms with van der Waals surface area (Å²) in [4.78, 5) is 7.86. The Hall–Kier alpha value is -1.88. The normalized spacial score (nSPS) is 22.6. The van der Waals surface area contributed by atoms with Crippen molar-refractivity contribution in [2.45, 2.75) is 38.4 Å². The van der Waals surface area contributed by atoms with Crippen molar-refractivity contribution in [1.82, 2.24) is 23.9 Å². The molecule has 1 aliphatic heterocycles. The van der Waals surface area contributed by atoms with Crippen molar-refractivity contribution in [1.29, 1.82) is 0 Å². The number of nitrogens with zero attached hydrogens (tertiary/aromatic N) is 5. The minimum absolute atomic E-state index is 0.0494. The molecule has 0 bridgehead atoms. The van der Waals surface area contributed by atoms with E-state index in [2.05, 4.69) is 20.4 Å². The number of piperidine rings is 1. The predicted molar refractivity (Wildman–Crippen MR) is 88.2 cm³/mol. The van der Waals surface area contributed by atoms with Gasteiger partial charge in [0.05, 0.1) is 18.5 Å². The number of hydrogen-bond acceptors (Lipinski definition) is 6. The minimum Gasteiger partial charge on any atom is -0.347 e. The van der Waals surface area contributed by atoms with E-state index in [-0.39, 0.29) is 36.9 Å². The molecular formula is C14H20F2N6O2S. The molecule has 1 saturated heterocycles. The second-order valence-electron chi connectivity index (χ2n) is 6.47. The van der Waals surface area contributed by atoms with Crippen LogP contribution in [0.25, 0.3) is 5.52 Å². The number of sulfonamides is 1. The Kier molecular flexibility index (Phi) is 4.62. The molecule has 1 N–H and O–H groups in total. The number of hydrogen-bond donors (Lipinski definition) is 1. The van der Waals surface area contributed by atoms with Crippen LogP contribution in [0, 0.1) is 5.95 Å². The third-order valence-electron chi connectivity index (χ3n) is 4.18. The van der Waals surface area contributed by atoms with Crippen LogP contribution in [-0.2, 0) is 10.0 Å². The summed E-state index contributed by atoms with van der Waals surface area (Å²) >= 11 is 0. The first-order valence-electron chi connectivity index (χ1n) is 7.93. The number of alkyl halides is 1. The van der Waals surface area contributed by atoms with Crippen LogP contribution >= 0.6 is 0 Å². The van der Waals surface area contributed by atoms with E-state index in [4.69, 9.17) is 0 Å². The summed E-state index contributed by atoms with van der Waals surface area (Å²) < 4.78 is 53.7. The molecule has 25 heavy (non-hydrogen) atoms. The van der Waals surface area contributed by atoms with Gasteiger partial charge in [0.2, 0.25) is 21.9 Å². The molecule has 2 unspecified atom stereocenters. The molecule has 2 aromatic heterocycles. The van der Waals surface area contributed by atoms with Gasteiger partial charge in [0.15, 0.2) is 0 Å². The van der Waals surface area contributed by atoms with E-state index in [1.807, 2.05) is 13.8 Å². The van der Waals surface area contributed by atoms with Gasteiger partial charge in [-0.1, -0.05) is 13.8 Å². The Morgan fingerprint density at radius 2 is 2.12 bits per heavy atom. The number of rotatable bonds is 4. The van der Waals surface area contributed by atoms with Crippen molar-refractivity contribution in [3.8, 4) is 0 Å². The van der Waals surface area contributed by atoms with Gasteiger partial charge in [-0.05, 0) is 6.42 Å². The molecule has 2 aromatic rings. The van der Waals surface area contributed by atoms with Gasteiger partial charge >= 0.3 is 0 Å². The lowest BCUT2D eigenvalue weighted by molar-refractivity contribution is 0.186. The van der Waals surface area contributed by atoms with E-state index < -0.39 is 28.2 Å². The summed E-state index contributed by atoms with van der Waals surface area (Å²) in [6.07, 6.45) is 1.24. The van der Waals surface area contributed by atoms with Crippen LogP contribution in [0.5, 0.6) is 0 Å². The van der Waals surface area contributed by atoms with Gasteiger partial charge in [0, 0.05) is 19.0 Å². The van der Waals surface area contributed by atoms with Crippen molar-refractivity contribution in [3.63, 3.8) is 0 Å². The SMILES string of the molecule is CC(C)c1nc(F)c2cnc(NC3CCN(S(C)(=O)=O)CC3F)nn12. The lowest BCUT2D eigenvalue weighted by atomic mass is 10.1. The summed E-state index contributed by atoms with van der Waals surface area (Å²) in [5, 5.41) is 7.09. The van der Waals surface area contributed by atoms with Gasteiger partial charge in [-0.25, -0.2) is 27.3 Å². The molecule has 0 amide bonds. The maximum absolute atomic E-state index is 14.3. The Labute approximate surface area is 144 Å². The Bertz CT molecular complexity index is 885. The molecule has 3 heterocycles. The van der Waals surface area contributed by atoms with Crippen molar-refractivity contribution < 1.29 is 17.2 Å². The van der Waals surface area contributed by atoms with Crippen molar-refractivity contribution in [2.24, 2.45) is 0 Å². The zero-order chi connectivity index (χ0) is 18.4. The lowest BCUT2D eigenvalue weighted by Crippen LogP contribution is -2.49. The maximum Gasteiger partial charge on any atom is 0.242 e. The molecule has 0 radical (unpaired) electrons. The van der Waals surface area contributed by atoms with E-state index in [0.717, 1.165) is 10.6 Å². The van der Waals surface area contributed by atoms with Gasteiger partial charge in [-0.2, -0.15) is 8.70 Å². The van der Waals surface area contributed by atoms with Crippen LogP contribution < -0.4 is 5.32 Å². The molecule has 138 valence electrons. The van der Waals surface area contributed by atoms with Crippen LogP contribution in [0.4, 0.5) is 14.7 Å². The molecule has 8 nitrogen and oxygen atoms in total. The topological polar surface area (TPSA) is 92.5 Å². The third-order valence-corrected chi connectivity index (χ3v) is 5.45. The maximum atomic E-state index is 14.3. The number of halogens is 2. The fraction of sp³-hybridized carbons (Fsp3) is 0.643. The van der Waals surface area contributed by atoms with Gasteiger partial charge in [-0.3, -0.25) is 0 Å². The highest BCUT2D eigenvalue weighted by atomic mass is 32.2. The van der Waals surface area contributed by atoms with Crippen LogP contribution in [0.1, 0.15) is 32.0 Å². The average Bonchev–Trinajstić information content (AvgIpc) is 2.85. The summed E-state index contributed by atoms with van der Waals surface area (Å²) in [7, 11) is -3.42. The Morgan fingerprint density at radius 1 is 1.40 bits per heavy atom.